The lowest BCUT2D eigenvalue weighted by atomic mass is 9.73. The van der Waals surface area contributed by atoms with E-state index >= 15 is 0 Å². The average Bonchev–Trinajstić information content (AvgIpc) is 3.22. The van der Waals surface area contributed by atoms with Crippen LogP contribution in [-0.2, 0) is 23.9 Å². The van der Waals surface area contributed by atoms with Crippen LogP contribution in [0.1, 0.15) is 48.0 Å². The van der Waals surface area contributed by atoms with Gasteiger partial charge in [0, 0.05) is 18.3 Å². The maximum atomic E-state index is 13.3. The number of nitrogens with zero attached hydrogens (tertiary/aromatic N) is 1. The van der Waals surface area contributed by atoms with Crippen LogP contribution in [0.5, 0.6) is 0 Å². The molecule has 1 saturated heterocycles. The Morgan fingerprint density at radius 3 is 2.08 bits per heavy atom. The minimum Gasteiger partial charge on any atom is -0.452 e. The highest BCUT2D eigenvalue weighted by molar-refractivity contribution is 6.22. The number of amides is 4. The normalized spacial score (nSPS) is 20.0. The fourth-order valence-electron chi connectivity index (χ4n) is 5.46. The number of hydrogen-bond acceptors (Lipinski definition) is 6. The minimum absolute atomic E-state index is 0.192. The number of carbonyl (C=O) groups excluding carboxylic acids is 5. The van der Waals surface area contributed by atoms with Gasteiger partial charge in [-0.15, -0.1) is 0 Å². The number of nitrogens with one attached hydrogen (secondary N) is 2. The molecular weight excluding hydrogens is 510 g/mol. The second kappa shape index (κ2) is 11.5. The Morgan fingerprint density at radius 1 is 0.800 bits per heavy atom. The molecule has 0 spiro atoms. The van der Waals surface area contributed by atoms with Gasteiger partial charge in [-0.2, -0.15) is 0 Å². The molecule has 1 saturated carbocycles. The fraction of sp³-hybridized carbons (Fsp3) is 0.258. The second-order valence-corrected chi connectivity index (χ2v) is 10.1. The van der Waals surface area contributed by atoms with E-state index in [1.54, 1.807) is 36.4 Å². The zero-order chi connectivity index (χ0) is 28.2. The number of rotatable bonds is 7. The van der Waals surface area contributed by atoms with Crippen molar-refractivity contribution in [2.75, 3.05) is 22.1 Å². The smallest absolute Gasteiger partial charge is 0.338 e. The zero-order valence-electron chi connectivity index (χ0n) is 22.0. The molecule has 4 amide bonds. The molecule has 0 bridgehead atoms. The molecule has 9 nitrogen and oxygen atoms in total. The Morgan fingerprint density at radius 2 is 1.43 bits per heavy atom. The summed E-state index contributed by atoms with van der Waals surface area (Å²) in [6, 6.07) is 22.6. The van der Waals surface area contributed by atoms with Gasteiger partial charge in [-0.05, 0) is 79.3 Å². The van der Waals surface area contributed by atoms with Crippen LogP contribution < -0.4 is 15.5 Å². The molecule has 2 aliphatic rings. The molecule has 2 fully saturated rings. The lowest BCUT2D eigenvalue weighted by Crippen LogP contribution is -2.30. The molecule has 2 N–H and O–H groups in total. The minimum atomic E-state index is -0.707. The summed E-state index contributed by atoms with van der Waals surface area (Å²) in [6.45, 7) is 0.902. The summed E-state index contributed by atoms with van der Waals surface area (Å²) in [5.74, 6) is -2.26. The highest BCUT2D eigenvalue weighted by atomic mass is 16.5. The molecular formula is C31H29N3O6. The standard InChI is InChI=1S/C31H29N3O6/c1-19(35)32-23-10-12-24(13-11-23)33-28(36)18-40-31(39)21-7-14-25(15-8-21)34-29(37)26-16-9-22(17-27(26)30(34)38)20-5-3-2-4-6-20/h2-8,10-15,22,26-27H,9,16-18H2,1H3,(H,32,35)(H,33,36)/t22-,26+,27-/m0/s1. The second-order valence-electron chi connectivity index (χ2n) is 10.1. The molecule has 204 valence electrons. The number of benzene rings is 3. The van der Waals surface area contributed by atoms with Crippen molar-refractivity contribution in [1.82, 2.24) is 0 Å². The maximum Gasteiger partial charge on any atom is 0.338 e. The van der Waals surface area contributed by atoms with Crippen molar-refractivity contribution in [3.05, 3.63) is 90.0 Å². The summed E-state index contributed by atoms with van der Waals surface area (Å²) in [7, 11) is 0. The molecule has 3 aromatic carbocycles. The van der Waals surface area contributed by atoms with E-state index < -0.39 is 18.5 Å². The van der Waals surface area contributed by atoms with Crippen LogP contribution in [0, 0.1) is 11.8 Å². The van der Waals surface area contributed by atoms with E-state index in [0.717, 1.165) is 6.42 Å². The average molecular weight is 540 g/mol. The van der Waals surface area contributed by atoms with E-state index in [0.29, 0.717) is 29.9 Å². The van der Waals surface area contributed by atoms with Gasteiger partial charge in [0.15, 0.2) is 6.61 Å². The summed E-state index contributed by atoms with van der Waals surface area (Å²) in [5, 5.41) is 5.24. The summed E-state index contributed by atoms with van der Waals surface area (Å²) < 4.78 is 5.12. The molecule has 0 radical (unpaired) electrons. The Labute approximate surface area is 231 Å². The first-order valence-electron chi connectivity index (χ1n) is 13.2. The van der Waals surface area contributed by atoms with Gasteiger partial charge in [-0.1, -0.05) is 30.3 Å². The predicted molar refractivity (Wildman–Crippen MR) is 149 cm³/mol. The van der Waals surface area contributed by atoms with Crippen molar-refractivity contribution in [1.29, 1.82) is 0 Å². The summed E-state index contributed by atoms with van der Waals surface area (Å²) in [5.41, 5.74) is 2.87. The SMILES string of the molecule is CC(=O)Nc1ccc(NC(=O)COC(=O)c2ccc(N3C(=O)[C@H]4C[C@@H](c5ccccc5)CC[C@H]4C3=O)cc2)cc1. The zero-order valence-corrected chi connectivity index (χ0v) is 22.0. The first-order valence-corrected chi connectivity index (χ1v) is 13.2. The molecule has 0 unspecified atom stereocenters. The third-order valence-corrected chi connectivity index (χ3v) is 7.38. The van der Waals surface area contributed by atoms with Gasteiger partial charge in [-0.3, -0.25) is 24.1 Å². The number of carbonyl (C=O) groups is 5. The first kappa shape index (κ1) is 26.8. The fourth-order valence-corrected chi connectivity index (χ4v) is 5.46. The van der Waals surface area contributed by atoms with Crippen LogP contribution >= 0.6 is 0 Å². The largest absolute Gasteiger partial charge is 0.452 e. The molecule has 3 atom stereocenters. The van der Waals surface area contributed by atoms with Gasteiger partial charge in [0.2, 0.25) is 17.7 Å². The molecule has 9 heteroatoms. The van der Waals surface area contributed by atoms with E-state index in [2.05, 4.69) is 22.8 Å². The molecule has 1 aliphatic carbocycles. The third-order valence-electron chi connectivity index (χ3n) is 7.38. The molecule has 40 heavy (non-hydrogen) atoms. The number of fused-ring (bicyclic) bond motifs is 1. The van der Waals surface area contributed by atoms with Crippen LogP contribution in [0.3, 0.4) is 0 Å². The van der Waals surface area contributed by atoms with E-state index in [1.807, 2.05) is 18.2 Å². The van der Waals surface area contributed by atoms with Crippen molar-refractivity contribution >= 4 is 46.7 Å². The van der Waals surface area contributed by atoms with Crippen LogP contribution in [0.2, 0.25) is 0 Å². The number of esters is 1. The summed E-state index contributed by atoms with van der Waals surface area (Å²) in [4.78, 5) is 63.5. The number of imide groups is 1. The number of ether oxygens (including phenoxy) is 1. The number of anilines is 3. The van der Waals surface area contributed by atoms with Crippen molar-refractivity contribution in [2.45, 2.75) is 32.1 Å². The van der Waals surface area contributed by atoms with Crippen LogP contribution in [0.25, 0.3) is 0 Å². The lowest BCUT2D eigenvalue weighted by molar-refractivity contribution is -0.122. The van der Waals surface area contributed by atoms with Gasteiger partial charge in [0.25, 0.3) is 5.91 Å². The Balaban J connectivity index is 1.16. The Hall–Kier alpha value is -4.79. The predicted octanol–water partition coefficient (Wildman–Crippen LogP) is 4.51. The number of hydrogen-bond donors (Lipinski definition) is 2. The van der Waals surface area contributed by atoms with E-state index in [1.165, 1.54) is 29.5 Å². The van der Waals surface area contributed by atoms with Gasteiger partial charge in [-0.25, -0.2) is 4.79 Å². The van der Waals surface area contributed by atoms with Crippen molar-refractivity contribution in [3.63, 3.8) is 0 Å². The molecule has 1 aliphatic heterocycles. The van der Waals surface area contributed by atoms with Crippen LogP contribution in [0.15, 0.2) is 78.9 Å². The molecule has 0 aromatic heterocycles. The van der Waals surface area contributed by atoms with E-state index in [-0.39, 0.29) is 41.0 Å². The van der Waals surface area contributed by atoms with Gasteiger partial charge < -0.3 is 15.4 Å². The highest BCUT2D eigenvalue weighted by Gasteiger charge is 2.50. The van der Waals surface area contributed by atoms with Gasteiger partial charge in [0.05, 0.1) is 23.1 Å². The first-order chi connectivity index (χ1) is 19.3. The van der Waals surface area contributed by atoms with E-state index in [4.69, 9.17) is 4.74 Å². The van der Waals surface area contributed by atoms with Crippen molar-refractivity contribution in [3.8, 4) is 0 Å². The Bertz CT molecular complexity index is 1440. The quantitative estimate of drug-likeness (QED) is 0.337. The lowest BCUT2D eigenvalue weighted by Gasteiger charge is -2.28. The molecule has 3 aromatic rings. The summed E-state index contributed by atoms with van der Waals surface area (Å²) >= 11 is 0. The van der Waals surface area contributed by atoms with Crippen LogP contribution in [0.4, 0.5) is 17.1 Å². The highest BCUT2D eigenvalue weighted by Crippen LogP contribution is 2.45. The van der Waals surface area contributed by atoms with Crippen molar-refractivity contribution < 1.29 is 28.7 Å². The topological polar surface area (TPSA) is 122 Å². The van der Waals surface area contributed by atoms with Crippen LogP contribution in [-0.4, -0.2) is 36.2 Å². The molecule has 1 heterocycles. The van der Waals surface area contributed by atoms with E-state index in [9.17, 15) is 24.0 Å². The third kappa shape index (κ3) is 5.78. The van der Waals surface area contributed by atoms with Gasteiger partial charge in [0.1, 0.15) is 0 Å². The molecule has 5 rings (SSSR count). The summed E-state index contributed by atoms with van der Waals surface area (Å²) in [6.07, 6.45) is 2.16. The maximum absolute atomic E-state index is 13.3. The Kier molecular flexibility index (Phi) is 7.72. The van der Waals surface area contributed by atoms with Crippen molar-refractivity contribution in [2.24, 2.45) is 11.8 Å². The van der Waals surface area contributed by atoms with Gasteiger partial charge >= 0.3 is 5.97 Å². The monoisotopic (exact) mass is 539 g/mol.